The van der Waals surface area contributed by atoms with E-state index < -0.39 is 0 Å². The lowest BCUT2D eigenvalue weighted by molar-refractivity contribution is 0.155. The van der Waals surface area contributed by atoms with Crippen LogP contribution in [-0.4, -0.2) is 48.0 Å². The highest BCUT2D eigenvalue weighted by molar-refractivity contribution is 7.80. The van der Waals surface area contributed by atoms with Crippen LogP contribution < -0.4 is 5.73 Å². The summed E-state index contributed by atoms with van der Waals surface area (Å²) in [7, 11) is 3.53. The van der Waals surface area contributed by atoms with E-state index in [-0.39, 0.29) is 6.03 Å². The standard InChI is InChI=1S/C9H17N3OS/c1-11(2)9(13)12-5-3-7(4-6-12)8(10)14/h7H,3-6H2,1-2H3,(H2,10,14). The zero-order chi connectivity index (χ0) is 10.7. The van der Waals surface area contributed by atoms with Crippen molar-refractivity contribution in [1.29, 1.82) is 0 Å². The number of carbonyl (C=O) groups is 1. The summed E-state index contributed by atoms with van der Waals surface area (Å²) in [6.45, 7) is 1.53. The van der Waals surface area contributed by atoms with Crippen LogP contribution >= 0.6 is 12.2 Å². The molecule has 80 valence electrons. The zero-order valence-corrected chi connectivity index (χ0v) is 9.51. The van der Waals surface area contributed by atoms with Gasteiger partial charge in [-0.25, -0.2) is 4.79 Å². The quantitative estimate of drug-likeness (QED) is 0.654. The van der Waals surface area contributed by atoms with Gasteiger partial charge in [0.2, 0.25) is 0 Å². The van der Waals surface area contributed by atoms with E-state index in [4.69, 9.17) is 18.0 Å². The highest BCUT2D eigenvalue weighted by Gasteiger charge is 2.24. The van der Waals surface area contributed by atoms with E-state index in [1.165, 1.54) is 0 Å². The van der Waals surface area contributed by atoms with Crippen molar-refractivity contribution in [3.63, 3.8) is 0 Å². The van der Waals surface area contributed by atoms with Gasteiger partial charge in [-0.15, -0.1) is 0 Å². The Morgan fingerprint density at radius 1 is 1.43 bits per heavy atom. The van der Waals surface area contributed by atoms with Crippen molar-refractivity contribution >= 4 is 23.2 Å². The van der Waals surface area contributed by atoms with E-state index in [9.17, 15) is 4.79 Å². The number of nitrogens with two attached hydrogens (primary N) is 1. The summed E-state index contributed by atoms with van der Waals surface area (Å²) in [6, 6.07) is 0.0754. The maximum atomic E-state index is 11.6. The van der Waals surface area contributed by atoms with Crippen LogP contribution in [0.2, 0.25) is 0 Å². The smallest absolute Gasteiger partial charge is 0.319 e. The summed E-state index contributed by atoms with van der Waals surface area (Å²) in [5.41, 5.74) is 5.57. The molecule has 0 unspecified atom stereocenters. The van der Waals surface area contributed by atoms with Gasteiger partial charge in [0.05, 0.1) is 4.99 Å². The van der Waals surface area contributed by atoms with E-state index in [1.807, 2.05) is 4.90 Å². The minimum atomic E-state index is 0.0754. The van der Waals surface area contributed by atoms with E-state index in [2.05, 4.69) is 0 Å². The molecule has 1 aliphatic heterocycles. The molecule has 14 heavy (non-hydrogen) atoms. The van der Waals surface area contributed by atoms with Gasteiger partial charge in [-0.2, -0.15) is 0 Å². The van der Waals surface area contributed by atoms with Gasteiger partial charge in [0, 0.05) is 33.1 Å². The minimum absolute atomic E-state index is 0.0754. The highest BCUT2D eigenvalue weighted by Crippen LogP contribution is 2.17. The number of nitrogens with zero attached hydrogens (tertiary/aromatic N) is 2. The molecule has 4 nitrogen and oxygen atoms in total. The summed E-state index contributed by atoms with van der Waals surface area (Å²) < 4.78 is 0. The molecule has 1 aliphatic rings. The first kappa shape index (κ1) is 11.2. The molecular formula is C9H17N3OS. The van der Waals surface area contributed by atoms with Crippen LogP contribution in [0.4, 0.5) is 4.79 Å². The molecule has 1 saturated heterocycles. The van der Waals surface area contributed by atoms with Crippen LogP contribution in [0.5, 0.6) is 0 Å². The number of likely N-dealkylation sites (tertiary alicyclic amines) is 1. The van der Waals surface area contributed by atoms with Crippen LogP contribution in [-0.2, 0) is 0 Å². The predicted octanol–water partition coefficient (Wildman–Crippen LogP) is 0.666. The Hall–Kier alpha value is -0.840. The molecule has 0 aromatic rings. The van der Waals surface area contributed by atoms with E-state index in [0.717, 1.165) is 25.9 Å². The topological polar surface area (TPSA) is 49.6 Å². The molecule has 0 spiro atoms. The molecule has 0 saturated carbocycles. The first-order valence-electron chi connectivity index (χ1n) is 4.78. The third-order valence-corrected chi connectivity index (χ3v) is 2.88. The molecule has 1 fully saturated rings. The molecule has 5 heteroatoms. The molecule has 0 bridgehead atoms. The van der Waals surface area contributed by atoms with Gasteiger partial charge in [-0.3, -0.25) is 0 Å². The Labute approximate surface area is 90.0 Å². The van der Waals surface area contributed by atoms with Crippen molar-refractivity contribution in [3.8, 4) is 0 Å². The third kappa shape index (κ3) is 2.57. The Morgan fingerprint density at radius 2 is 1.93 bits per heavy atom. The third-order valence-electron chi connectivity index (χ3n) is 2.55. The molecule has 2 N–H and O–H groups in total. The minimum Gasteiger partial charge on any atom is -0.393 e. The van der Waals surface area contributed by atoms with E-state index in [0.29, 0.717) is 10.9 Å². The van der Waals surface area contributed by atoms with E-state index >= 15 is 0 Å². The Balaban J connectivity index is 2.43. The zero-order valence-electron chi connectivity index (χ0n) is 8.69. The van der Waals surface area contributed by atoms with Gasteiger partial charge >= 0.3 is 6.03 Å². The molecule has 2 amide bonds. The van der Waals surface area contributed by atoms with Gasteiger partial charge in [-0.05, 0) is 12.8 Å². The van der Waals surface area contributed by atoms with Crippen molar-refractivity contribution < 1.29 is 4.79 Å². The molecule has 0 radical (unpaired) electrons. The number of amides is 2. The monoisotopic (exact) mass is 215 g/mol. The Kier molecular flexibility index (Phi) is 3.69. The van der Waals surface area contributed by atoms with Crippen LogP contribution in [0.3, 0.4) is 0 Å². The second kappa shape index (κ2) is 4.59. The van der Waals surface area contributed by atoms with Gasteiger partial charge < -0.3 is 15.5 Å². The fraction of sp³-hybridized carbons (Fsp3) is 0.778. The Bertz CT molecular complexity index is 234. The van der Waals surface area contributed by atoms with E-state index in [1.54, 1.807) is 19.0 Å². The van der Waals surface area contributed by atoms with Crippen molar-refractivity contribution in [2.24, 2.45) is 11.7 Å². The number of hydrogen-bond donors (Lipinski definition) is 1. The first-order chi connectivity index (χ1) is 6.52. The number of hydrogen-bond acceptors (Lipinski definition) is 2. The maximum Gasteiger partial charge on any atom is 0.319 e. The Morgan fingerprint density at radius 3 is 2.29 bits per heavy atom. The number of urea groups is 1. The average molecular weight is 215 g/mol. The first-order valence-corrected chi connectivity index (χ1v) is 5.18. The average Bonchev–Trinajstić information content (AvgIpc) is 2.16. The lowest BCUT2D eigenvalue weighted by atomic mass is 9.97. The van der Waals surface area contributed by atoms with Gasteiger partial charge in [0.15, 0.2) is 0 Å². The number of thiocarbonyl (C=S) groups is 1. The summed E-state index contributed by atoms with van der Waals surface area (Å²) in [6.07, 6.45) is 1.80. The number of rotatable bonds is 1. The molecule has 1 heterocycles. The van der Waals surface area contributed by atoms with Crippen LogP contribution in [0.15, 0.2) is 0 Å². The van der Waals surface area contributed by atoms with Gasteiger partial charge in [0.25, 0.3) is 0 Å². The lowest BCUT2D eigenvalue weighted by Gasteiger charge is -2.33. The highest BCUT2D eigenvalue weighted by atomic mass is 32.1. The van der Waals surface area contributed by atoms with Crippen molar-refractivity contribution in [3.05, 3.63) is 0 Å². The second-order valence-corrected chi connectivity index (χ2v) is 4.31. The van der Waals surface area contributed by atoms with Crippen LogP contribution in [0.1, 0.15) is 12.8 Å². The van der Waals surface area contributed by atoms with Crippen LogP contribution in [0.25, 0.3) is 0 Å². The molecule has 0 aromatic carbocycles. The van der Waals surface area contributed by atoms with Gasteiger partial charge in [0.1, 0.15) is 0 Å². The van der Waals surface area contributed by atoms with Crippen molar-refractivity contribution in [2.45, 2.75) is 12.8 Å². The predicted molar refractivity (Wildman–Crippen MR) is 60.2 cm³/mol. The number of carbonyl (C=O) groups excluding carboxylic acids is 1. The fourth-order valence-electron chi connectivity index (χ4n) is 1.64. The lowest BCUT2D eigenvalue weighted by Crippen LogP contribution is -2.45. The normalized spacial score (nSPS) is 18.0. The largest absolute Gasteiger partial charge is 0.393 e. The SMILES string of the molecule is CN(C)C(=O)N1CCC(C(N)=S)CC1. The summed E-state index contributed by atoms with van der Waals surface area (Å²) in [4.78, 5) is 15.6. The number of piperidine rings is 1. The molecule has 0 aliphatic carbocycles. The maximum absolute atomic E-state index is 11.6. The molecule has 1 rings (SSSR count). The molecule has 0 atom stereocenters. The van der Waals surface area contributed by atoms with Crippen molar-refractivity contribution in [1.82, 2.24) is 9.80 Å². The fourth-order valence-corrected chi connectivity index (χ4v) is 1.87. The van der Waals surface area contributed by atoms with Crippen molar-refractivity contribution in [2.75, 3.05) is 27.2 Å². The summed E-state index contributed by atoms with van der Waals surface area (Å²) in [5, 5.41) is 0. The summed E-state index contributed by atoms with van der Waals surface area (Å²) in [5.74, 6) is 0.316. The summed E-state index contributed by atoms with van der Waals surface area (Å²) >= 11 is 4.94. The van der Waals surface area contributed by atoms with Gasteiger partial charge in [-0.1, -0.05) is 12.2 Å². The van der Waals surface area contributed by atoms with Crippen LogP contribution in [0, 0.1) is 5.92 Å². The second-order valence-electron chi connectivity index (χ2n) is 3.84. The molecular weight excluding hydrogens is 198 g/mol. The molecule has 0 aromatic heterocycles.